The normalized spacial score (nSPS) is 16.1. The number of aliphatic hydroxyl groups excluding tert-OH is 1. The van der Waals surface area contributed by atoms with Crippen LogP contribution in [0.15, 0.2) is 59.6 Å². The predicted molar refractivity (Wildman–Crippen MR) is 115 cm³/mol. The molecule has 4 rings (SSSR count). The Bertz CT molecular complexity index is 1160. The Balaban J connectivity index is 1.42. The zero-order chi connectivity index (χ0) is 21.3. The summed E-state index contributed by atoms with van der Waals surface area (Å²) in [5.41, 5.74) is 2.11. The van der Waals surface area contributed by atoms with Crippen molar-refractivity contribution in [3.63, 3.8) is 0 Å². The molecule has 2 heterocycles. The maximum Gasteiger partial charge on any atom is 0.251 e. The van der Waals surface area contributed by atoms with Crippen LogP contribution in [0.3, 0.4) is 0 Å². The number of hydrogen-bond acceptors (Lipinski definition) is 4. The molecule has 1 aliphatic heterocycles. The van der Waals surface area contributed by atoms with E-state index in [0.29, 0.717) is 18.7 Å². The van der Waals surface area contributed by atoms with Crippen LogP contribution in [0.5, 0.6) is 0 Å². The van der Waals surface area contributed by atoms with Gasteiger partial charge in [0, 0.05) is 54.9 Å². The molecular formula is C22H25N3O4S. The summed E-state index contributed by atoms with van der Waals surface area (Å²) in [7, 11) is -1.59. The number of aromatic nitrogens is 1. The molecule has 158 valence electrons. The van der Waals surface area contributed by atoms with E-state index in [9.17, 15) is 18.3 Å². The van der Waals surface area contributed by atoms with Gasteiger partial charge in [-0.3, -0.25) is 4.79 Å². The van der Waals surface area contributed by atoms with Gasteiger partial charge in [0.2, 0.25) is 10.0 Å². The molecular weight excluding hydrogens is 402 g/mol. The first-order valence-electron chi connectivity index (χ1n) is 9.98. The van der Waals surface area contributed by atoms with Crippen molar-refractivity contribution in [2.75, 3.05) is 19.6 Å². The number of hydrogen-bond donors (Lipinski definition) is 2. The highest BCUT2D eigenvalue weighted by atomic mass is 32.2. The van der Waals surface area contributed by atoms with Crippen molar-refractivity contribution in [1.29, 1.82) is 0 Å². The molecule has 0 radical (unpaired) electrons. The first kappa shape index (κ1) is 20.6. The summed E-state index contributed by atoms with van der Waals surface area (Å²) in [5, 5.41) is 14.3. The molecule has 8 heteroatoms. The van der Waals surface area contributed by atoms with Crippen LogP contribution in [0.25, 0.3) is 10.9 Å². The fourth-order valence-electron chi connectivity index (χ4n) is 3.90. The quantitative estimate of drug-likeness (QED) is 0.632. The molecule has 0 saturated carbocycles. The van der Waals surface area contributed by atoms with Crippen LogP contribution in [-0.4, -0.2) is 47.9 Å². The predicted octanol–water partition coefficient (Wildman–Crippen LogP) is 2.43. The highest BCUT2D eigenvalue weighted by Gasteiger charge is 2.27. The Morgan fingerprint density at radius 2 is 1.77 bits per heavy atom. The topological polar surface area (TPSA) is 91.6 Å². The van der Waals surface area contributed by atoms with Gasteiger partial charge in [0.05, 0.1) is 11.0 Å². The third-order valence-electron chi connectivity index (χ3n) is 5.56. The summed E-state index contributed by atoms with van der Waals surface area (Å²) in [6, 6.07) is 13.7. The largest absolute Gasteiger partial charge is 0.386 e. The molecule has 1 aliphatic rings. The summed E-state index contributed by atoms with van der Waals surface area (Å²) < 4.78 is 28.6. The van der Waals surface area contributed by atoms with Crippen LogP contribution >= 0.6 is 0 Å². The molecule has 1 aromatic heterocycles. The number of aryl methyl sites for hydroxylation is 1. The first-order chi connectivity index (χ1) is 14.4. The van der Waals surface area contributed by atoms with E-state index < -0.39 is 16.1 Å². The van der Waals surface area contributed by atoms with E-state index >= 15 is 0 Å². The van der Waals surface area contributed by atoms with Crippen molar-refractivity contribution < 1.29 is 18.3 Å². The average molecular weight is 428 g/mol. The van der Waals surface area contributed by atoms with E-state index in [1.54, 1.807) is 0 Å². The summed E-state index contributed by atoms with van der Waals surface area (Å²) in [6.07, 6.45) is 2.76. The number of benzene rings is 2. The maximum atomic E-state index is 12.6. The minimum Gasteiger partial charge on any atom is -0.386 e. The molecule has 2 N–H and O–H groups in total. The van der Waals surface area contributed by atoms with Crippen LogP contribution < -0.4 is 5.32 Å². The number of amides is 1. The van der Waals surface area contributed by atoms with Crippen molar-refractivity contribution in [1.82, 2.24) is 14.2 Å². The second-order valence-corrected chi connectivity index (χ2v) is 9.51. The monoisotopic (exact) mass is 427 g/mol. The van der Waals surface area contributed by atoms with Gasteiger partial charge in [-0.25, -0.2) is 8.42 Å². The first-order valence-corrected chi connectivity index (χ1v) is 11.4. The van der Waals surface area contributed by atoms with Gasteiger partial charge in [0.15, 0.2) is 0 Å². The molecule has 0 bridgehead atoms. The van der Waals surface area contributed by atoms with Gasteiger partial charge in [0.25, 0.3) is 5.91 Å². The summed E-state index contributed by atoms with van der Waals surface area (Å²) >= 11 is 0. The fraction of sp³-hybridized carbons (Fsp3) is 0.318. The van der Waals surface area contributed by atoms with E-state index in [4.69, 9.17) is 0 Å². The van der Waals surface area contributed by atoms with Gasteiger partial charge in [-0.2, -0.15) is 4.31 Å². The third kappa shape index (κ3) is 3.86. The Morgan fingerprint density at radius 3 is 2.47 bits per heavy atom. The number of nitrogens with zero attached hydrogens (tertiary/aromatic N) is 2. The number of aliphatic hydroxyl groups is 1. The van der Waals surface area contributed by atoms with E-state index in [1.165, 1.54) is 28.6 Å². The van der Waals surface area contributed by atoms with Crippen molar-refractivity contribution >= 4 is 26.8 Å². The second-order valence-electron chi connectivity index (χ2n) is 7.57. The summed E-state index contributed by atoms with van der Waals surface area (Å²) in [5.74, 6) is -0.362. The zero-order valence-electron chi connectivity index (χ0n) is 16.8. The van der Waals surface area contributed by atoms with Gasteiger partial charge in [-0.1, -0.05) is 18.2 Å². The SMILES string of the molecule is Cn1cc(C(O)CNC(=O)c2ccc(S(=O)(=O)N3CCCC3)cc2)c2ccccc21. The number of carbonyl (C=O) groups excluding carboxylic acids is 1. The minimum absolute atomic E-state index is 0.0562. The third-order valence-corrected chi connectivity index (χ3v) is 7.47. The smallest absolute Gasteiger partial charge is 0.251 e. The van der Waals surface area contributed by atoms with Gasteiger partial charge < -0.3 is 15.0 Å². The Morgan fingerprint density at radius 1 is 1.10 bits per heavy atom. The van der Waals surface area contributed by atoms with E-state index in [2.05, 4.69) is 5.32 Å². The van der Waals surface area contributed by atoms with Crippen LogP contribution in [0.2, 0.25) is 0 Å². The van der Waals surface area contributed by atoms with Gasteiger partial charge in [-0.15, -0.1) is 0 Å². The lowest BCUT2D eigenvalue weighted by Gasteiger charge is -2.15. The molecule has 1 unspecified atom stereocenters. The van der Waals surface area contributed by atoms with Crippen molar-refractivity contribution in [3.05, 3.63) is 65.9 Å². The fourth-order valence-corrected chi connectivity index (χ4v) is 5.41. The van der Waals surface area contributed by atoms with Gasteiger partial charge >= 0.3 is 0 Å². The lowest BCUT2D eigenvalue weighted by atomic mass is 10.1. The van der Waals surface area contributed by atoms with E-state index in [1.807, 2.05) is 42.1 Å². The van der Waals surface area contributed by atoms with Crippen molar-refractivity contribution in [2.24, 2.45) is 7.05 Å². The van der Waals surface area contributed by atoms with Crippen LogP contribution in [0.4, 0.5) is 0 Å². The van der Waals surface area contributed by atoms with Crippen LogP contribution in [0.1, 0.15) is 34.9 Å². The van der Waals surface area contributed by atoms with E-state index in [-0.39, 0.29) is 17.3 Å². The molecule has 30 heavy (non-hydrogen) atoms. The van der Waals surface area contributed by atoms with Crippen LogP contribution in [0, 0.1) is 0 Å². The molecule has 1 fully saturated rings. The molecule has 1 amide bonds. The van der Waals surface area contributed by atoms with Crippen molar-refractivity contribution in [2.45, 2.75) is 23.8 Å². The van der Waals surface area contributed by atoms with Gasteiger partial charge in [0.1, 0.15) is 0 Å². The molecule has 1 atom stereocenters. The average Bonchev–Trinajstić information content (AvgIpc) is 3.41. The van der Waals surface area contributed by atoms with E-state index in [0.717, 1.165) is 29.3 Å². The van der Waals surface area contributed by atoms with Crippen LogP contribution in [-0.2, 0) is 17.1 Å². The summed E-state index contributed by atoms with van der Waals surface area (Å²) in [6.45, 7) is 1.13. The maximum absolute atomic E-state index is 12.6. The minimum atomic E-state index is -3.50. The number of sulfonamides is 1. The Hall–Kier alpha value is -2.68. The number of fused-ring (bicyclic) bond motifs is 1. The standard InChI is InChI=1S/C22H25N3O4S/c1-24-15-19(18-6-2-3-7-20(18)24)21(26)14-23-22(27)16-8-10-17(11-9-16)30(28,29)25-12-4-5-13-25/h2-3,6-11,15,21,26H,4-5,12-14H2,1H3,(H,23,27). The highest BCUT2D eigenvalue weighted by molar-refractivity contribution is 7.89. The molecule has 2 aromatic carbocycles. The molecule has 1 saturated heterocycles. The number of carbonyl (C=O) groups is 1. The Labute approximate surface area is 176 Å². The lowest BCUT2D eigenvalue weighted by molar-refractivity contribution is 0.0917. The van der Waals surface area contributed by atoms with Gasteiger partial charge in [-0.05, 0) is 43.2 Å². The summed E-state index contributed by atoms with van der Waals surface area (Å²) in [4.78, 5) is 12.7. The highest BCUT2D eigenvalue weighted by Crippen LogP contribution is 2.26. The lowest BCUT2D eigenvalue weighted by Crippen LogP contribution is -2.29. The molecule has 7 nitrogen and oxygen atoms in total. The molecule has 0 aliphatic carbocycles. The number of para-hydroxylation sites is 1. The number of nitrogens with one attached hydrogen (secondary N) is 1. The Kier molecular flexibility index (Phi) is 5.64. The second kappa shape index (κ2) is 8.22. The molecule has 0 spiro atoms. The molecule has 3 aromatic rings. The number of rotatable bonds is 6. The zero-order valence-corrected chi connectivity index (χ0v) is 17.6. The van der Waals surface area contributed by atoms with Crippen molar-refractivity contribution in [3.8, 4) is 0 Å².